The number of nitro benzene ring substituents is 1. The van der Waals surface area contributed by atoms with Crippen LogP contribution in [0.25, 0.3) is 10.4 Å². The lowest BCUT2D eigenvalue weighted by atomic mass is 10.1. The molecule has 0 atom stereocenters. The highest BCUT2D eigenvalue weighted by atomic mass is 32.1. The van der Waals surface area contributed by atoms with Crippen LogP contribution in [0.15, 0.2) is 24.3 Å². The number of aryl methyl sites for hydroxylation is 1. The highest BCUT2D eigenvalue weighted by molar-refractivity contribution is 7.16. The van der Waals surface area contributed by atoms with Gasteiger partial charge in [-0.3, -0.25) is 10.1 Å². The van der Waals surface area contributed by atoms with Crippen LogP contribution in [-0.4, -0.2) is 15.1 Å². The summed E-state index contributed by atoms with van der Waals surface area (Å²) in [6.45, 7) is 1.69. The van der Waals surface area contributed by atoms with E-state index in [1.54, 1.807) is 19.1 Å². The Bertz CT molecular complexity index is 574. The van der Waals surface area contributed by atoms with Crippen LogP contribution >= 0.6 is 11.3 Å². The van der Waals surface area contributed by atoms with Gasteiger partial charge >= 0.3 is 0 Å². The third-order valence-corrected chi connectivity index (χ3v) is 3.50. The molecule has 0 bridgehead atoms. The topological polar surface area (TPSA) is 83.6 Å². The number of nitro groups is 1. The summed E-state index contributed by atoms with van der Waals surface area (Å²) in [5, 5.41) is 29.7. The van der Waals surface area contributed by atoms with Crippen molar-refractivity contribution in [2.75, 3.05) is 0 Å². The van der Waals surface area contributed by atoms with Crippen LogP contribution in [-0.2, 0) is 0 Å². The Morgan fingerprint density at radius 1 is 1.18 bits per heavy atom. The molecule has 5 nitrogen and oxygen atoms in total. The van der Waals surface area contributed by atoms with Gasteiger partial charge in [0.15, 0.2) is 11.5 Å². The molecule has 0 saturated carbocycles. The molecule has 2 N–H and O–H groups in total. The van der Waals surface area contributed by atoms with E-state index in [4.69, 9.17) is 0 Å². The third-order valence-electron chi connectivity index (χ3n) is 2.37. The Morgan fingerprint density at radius 2 is 1.76 bits per heavy atom. The van der Waals surface area contributed by atoms with Crippen molar-refractivity contribution in [1.82, 2.24) is 0 Å². The maximum absolute atomic E-state index is 10.5. The fourth-order valence-electron chi connectivity index (χ4n) is 1.45. The van der Waals surface area contributed by atoms with Crippen LogP contribution in [0.4, 0.5) is 5.69 Å². The average Bonchev–Trinajstić information content (AvgIpc) is 2.57. The molecule has 0 spiro atoms. The van der Waals surface area contributed by atoms with Gasteiger partial charge < -0.3 is 10.2 Å². The molecule has 1 heterocycles. The van der Waals surface area contributed by atoms with Crippen LogP contribution in [0.1, 0.15) is 4.88 Å². The third kappa shape index (κ3) is 1.94. The number of nitrogens with zero attached hydrogens (tertiary/aromatic N) is 1. The van der Waals surface area contributed by atoms with Crippen molar-refractivity contribution in [2.24, 2.45) is 0 Å². The summed E-state index contributed by atoms with van der Waals surface area (Å²) < 4.78 is 0. The first-order chi connectivity index (χ1) is 8.00. The van der Waals surface area contributed by atoms with Gasteiger partial charge in [0.1, 0.15) is 0 Å². The molecule has 0 aliphatic rings. The molecule has 2 aromatic rings. The Balaban J connectivity index is 2.47. The van der Waals surface area contributed by atoms with Crippen molar-refractivity contribution in [2.45, 2.75) is 6.92 Å². The summed E-state index contributed by atoms with van der Waals surface area (Å²) in [5.74, 6) is -0.315. The van der Waals surface area contributed by atoms with E-state index in [1.807, 2.05) is 0 Å². The zero-order chi connectivity index (χ0) is 12.6. The van der Waals surface area contributed by atoms with Crippen LogP contribution in [0, 0.1) is 17.0 Å². The molecule has 0 aliphatic carbocycles. The van der Waals surface area contributed by atoms with Crippen molar-refractivity contribution in [3.8, 4) is 21.9 Å². The van der Waals surface area contributed by atoms with E-state index in [9.17, 15) is 20.3 Å². The molecule has 1 aromatic heterocycles. The van der Waals surface area contributed by atoms with Crippen LogP contribution in [0.2, 0.25) is 0 Å². The summed E-state index contributed by atoms with van der Waals surface area (Å²) in [7, 11) is 0. The van der Waals surface area contributed by atoms with Crippen molar-refractivity contribution in [3.05, 3.63) is 39.3 Å². The molecular weight excluding hydrogens is 242 g/mol. The van der Waals surface area contributed by atoms with E-state index in [0.29, 0.717) is 15.3 Å². The van der Waals surface area contributed by atoms with Gasteiger partial charge in [-0.05, 0) is 24.6 Å². The maximum atomic E-state index is 10.5. The fourth-order valence-corrected chi connectivity index (χ4v) is 2.40. The van der Waals surface area contributed by atoms with E-state index >= 15 is 0 Å². The second kappa shape index (κ2) is 4.06. The molecule has 2 rings (SSSR count). The Morgan fingerprint density at radius 3 is 2.18 bits per heavy atom. The minimum Gasteiger partial charge on any atom is -0.503 e. The van der Waals surface area contributed by atoms with Crippen molar-refractivity contribution >= 4 is 17.0 Å². The summed E-state index contributed by atoms with van der Waals surface area (Å²) in [4.78, 5) is 11.1. The number of rotatable bonds is 2. The van der Waals surface area contributed by atoms with E-state index in [2.05, 4.69) is 0 Å². The van der Waals surface area contributed by atoms with Gasteiger partial charge in [-0.15, -0.1) is 11.3 Å². The first-order valence-electron chi connectivity index (χ1n) is 4.77. The Labute approximate surface area is 101 Å². The predicted octanol–water partition coefficient (Wildman–Crippen LogP) is 3.04. The maximum Gasteiger partial charge on any atom is 0.269 e. The van der Waals surface area contributed by atoms with Gasteiger partial charge in [0.05, 0.1) is 9.80 Å². The molecule has 0 aliphatic heterocycles. The molecule has 0 unspecified atom stereocenters. The highest BCUT2D eigenvalue weighted by Gasteiger charge is 2.16. The first kappa shape index (κ1) is 11.4. The van der Waals surface area contributed by atoms with Crippen molar-refractivity contribution in [3.63, 3.8) is 0 Å². The van der Waals surface area contributed by atoms with Gasteiger partial charge in [-0.25, -0.2) is 0 Å². The minimum atomic E-state index is -0.485. The predicted molar refractivity (Wildman–Crippen MR) is 64.5 cm³/mol. The largest absolute Gasteiger partial charge is 0.503 e. The van der Waals surface area contributed by atoms with E-state index < -0.39 is 4.92 Å². The summed E-state index contributed by atoms with van der Waals surface area (Å²) >= 11 is 1.24. The summed E-state index contributed by atoms with van der Waals surface area (Å²) in [6, 6.07) is 5.81. The lowest BCUT2D eigenvalue weighted by Crippen LogP contribution is -1.86. The molecule has 0 fully saturated rings. The number of hydrogen-bond acceptors (Lipinski definition) is 5. The second-order valence-electron chi connectivity index (χ2n) is 3.49. The lowest BCUT2D eigenvalue weighted by Gasteiger charge is -1.98. The number of hydrogen-bond donors (Lipinski definition) is 2. The fraction of sp³-hybridized carbons (Fsp3) is 0.0909. The molecule has 0 radical (unpaired) electrons. The van der Waals surface area contributed by atoms with Gasteiger partial charge in [0, 0.05) is 17.0 Å². The quantitative estimate of drug-likeness (QED) is 0.634. The smallest absolute Gasteiger partial charge is 0.269 e. The van der Waals surface area contributed by atoms with E-state index in [0.717, 1.165) is 0 Å². The lowest BCUT2D eigenvalue weighted by molar-refractivity contribution is -0.384. The monoisotopic (exact) mass is 251 g/mol. The van der Waals surface area contributed by atoms with Crippen LogP contribution < -0.4 is 0 Å². The average molecular weight is 251 g/mol. The molecular formula is C11H9NO4S. The number of aromatic hydroxyl groups is 2. The number of non-ortho nitro benzene ring substituents is 1. The molecule has 0 saturated heterocycles. The van der Waals surface area contributed by atoms with E-state index in [1.165, 1.54) is 23.5 Å². The summed E-state index contributed by atoms with van der Waals surface area (Å²) in [5.41, 5.74) is 0.632. The SMILES string of the molecule is Cc1sc(-c2ccc([N+](=O)[O-])cc2)c(O)c1O. The van der Waals surface area contributed by atoms with Gasteiger partial charge in [-0.1, -0.05) is 0 Å². The van der Waals surface area contributed by atoms with Crippen molar-refractivity contribution < 1.29 is 15.1 Å². The molecule has 1 aromatic carbocycles. The Hall–Kier alpha value is -2.08. The first-order valence-corrected chi connectivity index (χ1v) is 5.58. The van der Waals surface area contributed by atoms with E-state index in [-0.39, 0.29) is 17.2 Å². The summed E-state index contributed by atoms with van der Waals surface area (Å²) in [6.07, 6.45) is 0. The standard InChI is InChI=1S/C11H9NO4S/c1-6-9(13)10(14)11(17-6)7-2-4-8(5-3-7)12(15)16/h2-5,13-14H,1H3. The molecule has 17 heavy (non-hydrogen) atoms. The highest BCUT2D eigenvalue weighted by Crippen LogP contribution is 2.45. The normalized spacial score (nSPS) is 10.4. The number of thiophene rings is 1. The minimum absolute atomic E-state index is 0.00857. The van der Waals surface area contributed by atoms with Crippen molar-refractivity contribution in [1.29, 1.82) is 0 Å². The van der Waals surface area contributed by atoms with Gasteiger partial charge in [0.25, 0.3) is 5.69 Å². The van der Waals surface area contributed by atoms with Crippen LogP contribution in [0.5, 0.6) is 11.5 Å². The molecule has 0 amide bonds. The van der Waals surface area contributed by atoms with Gasteiger partial charge in [-0.2, -0.15) is 0 Å². The molecule has 6 heteroatoms. The van der Waals surface area contributed by atoms with Crippen LogP contribution in [0.3, 0.4) is 0 Å². The van der Waals surface area contributed by atoms with Gasteiger partial charge in [0.2, 0.25) is 0 Å². The number of benzene rings is 1. The zero-order valence-electron chi connectivity index (χ0n) is 8.88. The molecule has 88 valence electrons. The second-order valence-corrected chi connectivity index (χ2v) is 4.71. The zero-order valence-corrected chi connectivity index (χ0v) is 9.69. The Kier molecular flexibility index (Phi) is 2.72.